The van der Waals surface area contributed by atoms with Crippen molar-refractivity contribution >= 4 is 52.2 Å². The molecular weight excluding hydrogens is 473 g/mol. The second kappa shape index (κ2) is 10.3. The SMILES string of the molecule is O=C(CSc1nnc(-c2ccncc2)n1-c1ccc(Cl)c(Cl)c1)NCCc1cccs1. The van der Waals surface area contributed by atoms with Crippen molar-refractivity contribution in [2.75, 3.05) is 12.3 Å². The molecule has 1 N–H and O–H groups in total. The predicted molar refractivity (Wildman–Crippen MR) is 126 cm³/mol. The van der Waals surface area contributed by atoms with Crippen LogP contribution in [-0.4, -0.2) is 38.0 Å². The lowest BCUT2D eigenvalue weighted by molar-refractivity contribution is -0.118. The minimum absolute atomic E-state index is 0.0595. The van der Waals surface area contributed by atoms with Crippen LogP contribution >= 0.6 is 46.3 Å². The fourth-order valence-corrected chi connectivity index (χ4v) is 4.65. The number of amides is 1. The number of carbonyl (C=O) groups is 1. The van der Waals surface area contributed by atoms with Gasteiger partial charge in [0.2, 0.25) is 5.91 Å². The van der Waals surface area contributed by atoms with Crippen molar-refractivity contribution < 1.29 is 4.79 Å². The number of benzene rings is 1. The van der Waals surface area contributed by atoms with Gasteiger partial charge in [0.05, 0.1) is 21.5 Å². The first-order valence-corrected chi connectivity index (χ1v) is 12.0. The smallest absolute Gasteiger partial charge is 0.230 e. The Morgan fingerprint density at radius 1 is 1.10 bits per heavy atom. The van der Waals surface area contributed by atoms with Gasteiger partial charge >= 0.3 is 0 Å². The monoisotopic (exact) mass is 489 g/mol. The Labute approximate surface area is 197 Å². The first kappa shape index (κ1) is 21.8. The van der Waals surface area contributed by atoms with E-state index >= 15 is 0 Å². The number of nitrogens with one attached hydrogen (secondary N) is 1. The summed E-state index contributed by atoms with van der Waals surface area (Å²) in [5.41, 5.74) is 1.60. The third kappa shape index (κ3) is 5.46. The summed E-state index contributed by atoms with van der Waals surface area (Å²) in [6.45, 7) is 0.599. The number of nitrogens with zero attached hydrogens (tertiary/aromatic N) is 4. The molecule has 0 atom stereocenters. The van der Waals surface area contributed by atoms with Gasteiger partial charge < -0.3 is 5.32 Å². The van der Waals surface area contributed by atoms with Crippen LogP contribution in [0.3, 0.4) is 0 Å². The number of thiophene rings is 1. The molecule has 0 aliphatic carbocycles. The Bertz CT molecular complexity index is 1170. The van der Waals surface area contributed by atoms with E-state index in [0.717, 1.165) is 17.7 Å². The van der Waals surface area contributed by atoms with E-state index in [-0.39, 0.29) is 11.7 Å². The standard InChI is InChI=1S/C21H17Cl2N5OS2/c22-17-4-3-15(12-18(17)23)28-20(14-5-8-24-9-6-14)26-27-21(28)31-13-19(29)25-10-7-16-2-1-11-30-16/h1-6,8-9,11-12H,7,10,13H2,(H,25,29). The van der Waals surface area contributed by atoms with Crippen LogP contribution in [0, 0.1) is 0 Å². The second-order valence-electron chi connectivity index (χ2n) is 6.44. The number of rotatable bonds is 8. The summed E-state index contributed by atoms with van der Waals surface area (Å²) in [4.78, 5) is 17.6. The highest BCUT2D eigenvalue weighted by Gasteiger charge is 2.18. The normalized spacial score (nSPS) is 10.9. The van der Waals surface area contributed by atoms with Gasteiger partial charge in [0.25, 0.3) is 0 Å². The number of halogens is 2. The Balaban J connectivity index is 1.52. The van der Waals surface area contributed by atoms with Crippen LogP contribution in [0.5, 0.6) is 0 Å². The minimum atomic E-state index is -0.0595. The van der Waals surface area contributed by atoms with Gasteiger partial charge in [0, 0.05) is 29.4 Å². The summed E-state index contributed by atoms with van der Waals surface area (Å²) < 4.78 is 1.86. The lowest BCUT2D eigenvalue weighted by Crippen LogP contribution is -2.27. The Morgan fingerprint density at radius 3 is 2.68 bits per heavy atom. The quantitative estimate of drug-likeness (QED) is 0.346. The highest BCUT2D eigenvalue weighted by molar-refractivity contribution is 7.99. The molecule has 0 bridgehead atoms. The van der Waals surface area contributed by atoms with Crippen LogP contribution < -0.4 is 5.32 Å². The molecular formula is C21H17Cl2N5OS2. The third-order valence-electron chi connectivity index (χ3n) is 4.34. The fourth-order valence-electron chi connectivity index (χ4n) is 2.87. The molecule has 0 saturated carbocycles. The average molecular weight is 490 g/mol. The summed E-state index contributed by atoms with van der Waals surface area (Å²) in [6, 6.07) is 13.1. The summed E-state index contributed by atoms with van der Waals surface area (Å²) >= 11 is 15.3. The predicted octanol–water partition coefficient (Wildman–Crippen LogP) is 5.15. The molecule has 1 aromatic carbocycles. The van der Waals surface area contributed by atoms with Crippen molar-refractivity contribution in [3.63, 3.8) is 0 Å². The number of aromatic nitrogens is 4. The van der Waals surface area contributed by atoms with E-state index < -0.39 is 0 Å². The van der Waals surface area contributed by atoms with Crippen LogP contribution in [0.2, 0.25) is 10.0 Å². The van der Waals surface area contributed by atoms with Crippen molar-refractivity contribution in [2.24, 2.45) is 0 Å². The lowest BCUT2D eigenvalue weighted by atomic mass is 10.2. The van der Waals surface area contributed by atoms with Crippen molar-refractivity contribution in [3.05, 3.63) is 75.2 Å². The molecule has 31 heavy (non-hydrogen) atoms. The van der Waals surface area contributed by atoms with Crippen molar-refractivity contribution in [2.45, 2.75) is 11.6 Å². The lowest BCUT2D eigenvalue weighted by Gasteiger charge is -2.11. The topological polar surface area (TPSA) is 72.7 Å². The number of carbonyl (C=O) groups excluding carboxylic acids is 1. The molecule has 0 spiro atoms. The van der Waals surface area contributed by atoms with Gasteiger partial charge in [-0.3, -0.25) is 14.3 Å². The minimum Gasteiger partial charge on any atom is -0.355 e. The molecule has 158 valence electrons. The molecule has 0 saturated heterocycles. The van der Waals surface area contributed by atoms with Crippen LogP contribution in [0.15, 0.2) is 65.4 Å². The summed E-state index contributed by atoms with van der Waals surface area (Å²) in [5, 5.41) is 15.1. The second-order valence-corrected chi connectivity index (χ2v) is 9.23. The van der Waals surface area contributed by atoms with Crippen LogP contribution in [0.4, 0.5) is 0 Å². The maximum Gasteiger partial charge on any atom is 0.230 e. The average Bonchev–Trinajstić information content (AvgIpc) is 3.45. The maximum atomic E-state index is 12.3. The van der Waals surface area contributed by atoms with Gasteiger partial charge in [-0.15, -0.1) is 21.5 Å². The molecule has 6 nitrogen and oxygen atoms in total. The molecule has 0 fully saturated rings. The molecule has 0 aliphatic rings. The highest BCUT2D eigenvalue weighted by atomic mass is 35.5. The van der Waals surface area contributed by atoms with E-state index in [1.54, 1.807) is 35.9 Å². The third-order valence-corrected chi connectivity index (χ3v) is 6.94. The van der Waals surface area contributed by atoms with Gasteiger partial charge in [-0.05, 0) is 48.2 Å². The largest absolute Gasteiger partial charge is 0.355 e. The molecule has 4 aromatic rings. The molecule has 4 rings (SSSR count). The molecule has 10 heteroatoms. The van der Waals surface area contributed by atoms with Gasteiger partial charge in [0.15, 0.2) is 11.0 Å². The highest BCUT2D eigenvalue weighted by Crippen LogP contribution is 2.31. The Hall–Kier alpha value is -2.39. The van der Waals surface area contributed by atoms with E-state index in [4.69, 9.17) is 23.2 Å². The Morgan fingerprint density at radius 2 is 1.94 bits per heavy atom. The summed E-state index contributed by atoms with van der Waals surface area (Å²) in [6.07, 6.45) is 4.20. The zero-order chi connectivity index (χ0) is 21.6. The van der Waals surface area contributed by atoms with Crippen molar-refractivity contribution in [1.82, 2.24) is 25.1 Å². The number of hydrogen-bond donors (Lipinski definition) is 1. The number of pyridine rings is 1. The molecule has 0 unspecified atom stereocenters. The van der Waals surface area contributed by atoms with Gasteiger partial charge in [0.1, 0.15) is 0 Å². The zero-order valence-electron chi connectivity index (χ0n) is 16.2. The molecule has 1 amide bonds. The van der Waals surface area contributed by atoms with E-state index in [2.05, 4.69) is 26.6 Å². The Kier molecular flexibility index (Phi) is 7.24. The molecule has 0 radical (unpaired) electrons. The van der Waals surface area contributed by atoms with E-state index in [9.17, 15) is 4.79 Å². The van der Waals surface area contributed by atoms with Crippen molar-refractivity contribution in [3.8, 4) is 17.1 Å². The van der Waals surface area contributed by atoms with Gasteiger partial charge in [-0.1, -0.05) is 41.0 Å². The van der Waals surface area contributed by atoms with Crippen molar-refractivity contribution in [1.29, 1.82) is 0 Å². The van der Waals surface area contributed by atoms with E-state index in [1.165, 1.54) is 16.6 Å². The number of hydrogen-bond acceptors (Lipinski definition) is 6. The zero-order valence-corrected chi connectivity index (χ0v) is 19.3. The molecule has 3 heterocycles. The first-order chi connectivity index (χ1) is 15.1. The van der Waals surface area contributed by atoms with Crippen LogP contribution in [0.25, 0.3) is 17.1 Å². The number of thioether (sulfide) groups is 1. The van der Waals surface area contributed by atoms with Gasteiger partial charge in [-0.25, -0.2) is 0 Å². The summed E-state index contributed by atoms with van der Waals surface area (Å²) in [5.74, 6) is 0.789. The van der Waals surface area contributed by atoms with Crippen LogP contribution in [0.1, 0.15) is 4.88 Å². The fraction of sp³-hybridized carbons (Fsp3) is 0.143. The van der Waals surface area contributed by atoms with E-state index in [1.807, 2.05) is 34.2 Å². The van der Waals surface area contributed by atoms with Gasteiger partial charge in [-0.2, -0.15) is 0 Å². The van der Waals surface area contributed by atoms with Crippen LogP contribution in [-0.2, 0) is 11.2 Å². The first-order valence-electron chi connectivity index (χ1n) is 9.35. The molecule has 3 aromatic heterocycles. The van der Waals surface area contributed by atoms with E-state index in [0.29, 0.717) is 27.6 Å². The maximum absolute atomic E-state index is 12.3. The molecule has 0 aliphatic heterocycles. The summed E-state index contributed by atoms with van der Waals surface area (Å²) in [7, 11) is 0.